The fraction of sp³-hybridized carbons (Fsp3) is 0.105. The van der Waals surface area contributed by atoms with E-state index >= 15 is 0 Å². The van der Waals surface area contributed by atoms with Gasteiger partial charge in [-0.3, -0.25) is 0 Å². The molecule has 8 heteroatoms. The number of aromatic nitrogens is 3. The highest BCUT2D eigenvalue weighted by molar-refractivity contribution is 6.31. The predicted octanol–water partition coefficient (Wildman–Crippen LogP) is 4.34. The van der Waals surface area contributed by atoms with Crippen LogP contribution >= 0.6 is 11.6 Å². The first-order valence-corrected chi connectivity index (χ1v) is 8.46. The Bertz CT molecular complexity index is 1000. The summed E-state index contributed by atoms with van der Waals surface area (Å²) >= 11 is 6.07. The average molecular weight is 376 g/mol. The number of benzene rings is 2. The van der Waals surface area contributed by atoms with E-state index in [-0.39, 0.29) is 5.15 Å². The van der Waals surface area contributed by atoms with Crippen LogP contribution in [0.3, 0.4) is 0 Å². The number of anilines is 4. The molecule has 0 atom stereocenters. The van der Waals surface area contributed by atoms with Gasteiger partial charge in [0, 0.05) is 17.8 Å². The number of rotatable bonds is 6. The molecule has 2 N–H and O–H groups in total. The van der Waals surface area contributed by atoms with Crippen LogP contribution in [0.25, 0.3) is 0 Å². The van der Waals surface area contributed by atoms with Crippen molar-refractivity contribution in [3.8, 4) is 12.1 Å². The summed E-state index contributed by atoms with van der Waals surface area (Å²) in [6.45, 7) is 0. The van der Waals surface area contributed by atoms with Crippen molar-refractivity contribution in [2.75, 3.05) is 10.6 Å². The van der Waals surface area contributed by atoms with Gasteiger partial charge in [-0.1, -0.05) is 23.7 Å². The fourth-order valence-corrected chi connectivity index (χ4v) is 2.42. The van der Waals surface area contributed by atoms with Gasteiger partial charge in [-0.25, -0.2) is 0 Å². The van der Waals surface area contributed by atoms with Crippen LogP contribution in [-0.4, -0.2) is 15.2 Å². The van der Waals surface area contributed by atoms with Crippen LogP contribution in [0.15, 0.2) is 48.5 Å². The van der Waals surface area contributed by atoms with Gasteiger partial charge in [-0.2, -0.15) is 15.5 Å². The number of nitrogens with zero attached hydrogens (tertiary/aromatic N) is 5. The van der Waals surface area contributed by atoms with Gasteiger partial charge in [0.25, 0.3) is 0 Å². The number of aryl methyl sites for hydroxylation is 1. The molecule has 0 saturated carbocycles. The summed E-state index contributed by atoms with van der Waals surface area (Å²) < 4.78 is 0. The van der Waals surface area contributed by atoms with Crippen LogP contribution in [-0.2, 0) is 6.42 Å². The molecule has 0 spiro atoms. The maximum absolute atomic E-state index is 8.85. The van der Waals surface area contributed by atoms with Gasteiger partial charge >= 0.3 is 0 Å². The summed E-state index contributed by atoms with van der Waals surface area (Å²) in [5.74, 6) is 0.643. The number of hydrogen-bond acceptors (Lipinski definition) is 7. The minimum Gasteiger partial charge on any atom is -0.337 e. The fourth-order valence-electron chi connectivity index (χ4n) is 2.29. The van der Waals surface area contributed by atoms with Gasteiger partial charge in [0.15, 0.2) is 11.0 Å². The highest BCUT2D eigenvalue weighted by atomic mass is 35.5. The predicted molar refractivity (Wildman–Crippen MR) is 103 cm³/mol. The molecule has 0 radical (unpaired) electrons. The lowest BCUT2D eigenvalue weighted by Gasteiger charge is -2.09. The first-order chi connectivity index (χ1) is 13.2. The Morgan fingerprint density at radius 1 is 0.889 bits per heavy atom. The molecule has 7 nitrogen and oxygen atoms in total. The number of hydrogen-bond donors (Lipinski definition) is 2. The van der Waals surface area contributed by atoms with Crippen molar-refractivity contribution in [3.05, 3.63) is 64.8 Å². The molecule has 0 unspecified atom stereocenters. The Balaban J connectivity index is 1.72. The largest absolute Gasteiger partial charge is 0.337 e. The smallest absolute Gasteiger partial charge is 0.249 e. The van der Waals surface area contributed by atoms with E-state index in [0.717, 1.165) is 16.9 Å². The summed E-state index contributed by atoms with van der Waals surface area (Å²) in [5, 5.41) is 31.6. The SMILES string of the molecule is N#CCCc1ccc(Nc2nnc(Cl)c(Nc3ccc(C#N)cc3)n2)cc1. The molecule has 0 fully saturated rings. The maximum Gasteiger partial charge on any atom is 0.249 e. The lowest BCUT2D eigenvalue weighted by atomic mass is 10.1. The molecule has 0 aliphatic rings. The average Bonchev–Trinajstić information content (AvgIpc) is 2.70. The molecular formula is C19H14ClN7. The normalized spacial score (nSPS) is 9.89. The van der Waals surface area contributed by atoms with Crippen LogP contribution < -0.4 is 10.6 Å². The van der Waals surface area contributed by atoms with E-state index in [1.807, 2.05) is 24.3 Å². The van der Waals surface area contributed by atoms with Crippen molar-refractivity contribution in [1.29, 1.82) is 10.5 Å². The third kappa shape index (κ3) is 4.91. The molecule has 1 aromatic heterocycles. The minimum absolute atomic E-state index is 0.136. The second-order valence-corrected chi connectivity index (χ2v) is 5.93. The molecule has 1 heterocycles. The Labute approximate surface area is 161 Å². The second kappa shape index (κ2) is 8.61. The van der Waals surface area contributed by atoms with Crippen molar-refractivity contribution in [1.82, 2.24) is 15.2 Å². The van der Waals surface area contributed by atoms with E-state index in [0.29, 0.717) is 30.2 Å². The van der Waals surface area contributed by atoms with Gasteiger partial charge < -0.3 is 10.6 Å². The van der Waals surface area contributed by atoms with Crippen molar-refractivity contribution in [2.24, 2.45) is 0 Å². The highest BCUT2D eigenvalue weighted by Gasteiger charge is 2.08. The van der Waals surface area contributed by atoms with Gasteiger partial charge in [-0.15, -0.1) is 10.2 Å². The van der Waals surface area contributed by atoms with E-state index in [2.05, 4.69) is 38.0 Å². The summed E-state index contributed by atoms with van der Waals surface area (Å²) in [6, 6.07) is 18.7. The first kappa shape index (κ1) is 18.1. The molecule has 132 valence electrons. The second-order valence-electron chi connectivity index (χ2n) is 5.57. The molecule has 3 aromatic rings. The van der Waals surface area contributed by atoms with Crippen LogP contribution in [0.2, 0.25) is 5.15 Å². The van der Waals surface area contributed by atoms with Gasteiger partial charge in [0.05, 0.1) is 17.7 Å². The molecule has 27 heavy (non-hydrogen) atoms. The van der Waals surface area contributed by atoms with Gasteiger partial charge in [0.2, 0.25) is 5.95 Å². The zero-order valence-corrected chi connectivity index (χ0v) is 14.9. The Hall–Kier alpha value is -3.68. The Kier molecular flexibility index (Phi) is 5.78. The number of nitriles is 2. The number of halogens is 1. The zero-order valence-electron chi connectivity index (χ0n) is 14.1. The van der Waals surface area contributed by atoms with Gasteiger partial charge in [0.1, 0.15) is 0 Å². The minimum atomic E-state index is 0.136. The molecule has 0 saturated heterocycles. The molecule has 0 bridgehead atoms. The van der Waals surface area contributed by atoms with Crippen molar-refractivity contribution < 1.29 is 0 Å². The highest BCUT2D eigenvalue weighted by Crippen LogP contribution is 2.23. The molecule has 0 amide bonds. The first-order valence-electron chi connectivity index (χ1n) is 8.08. The van der Waals surface area contributed by atoms with E-state index in [4.69, 9.17) is 22.1 Å². The maximum atomic E-state index is 8.85. The molecule has 3 rings (SSSR count). The Morgan fingerprint density at radius 3 is 2.22 bits per heavy atom. The molecule has 0 aliphatic heterocycles. The summed E-state index contributed by atoms with van der Waals surface area (Å²) in [7, 11) is 0. The third-order valence-corrected chi connectivity index (χ3v) is 3.91. The number of nitrogens with one attached hydrogen (secondary N) is 2. The summed E-state index contributed by atoms with van der Waals surface area (Å²) in [4.78, 5) is 4.34. The standard InChI is InChI=1S/C19H14ClN7/c20-17-18(23-15-9-5-14(12-22)6-10-15)25-19(27-26-17)24-16-7-3-13(4-8-16)2-1-11-21/h3-10H,1-2H2,(H2,23,24,25,27). The van der Waals surface area contributed by atoms with Crippen molar-refractivity contribution in [2.45, 2.75) is 12.8 Å². The van der Waals surface area contributed by atoms with E-state index in [9.17, 15) is 0 Å². The zero-order chi connectivity index (χ0) is 19.1. The molecule has 2 aromatic carbocycles. The lowest BCUT2D eigenvalue weighted by molar-refractivity contribution is 0.982. The lowest BCUT2D eigenvalue weighted by Crippen LogP contribution is -2.04. The topological polar surface area (TPSA) is 110 Å². The quantitative estimate of drug-likeness (QED) is 0.659. The third-order valence-electron chi connectivity index (χ3n) is 3.66. The monoisotopic (exact) mass is 375 g/mol. The van der Waals surface area contributed by atoms with E-state index in [1.165, 1.54) is 0 Å². The molecular weight excluding hydrogens is 362 g/mol. The summed E-state index contributed by atoms with van der Waals surface area (Å²) in [5.41, 5.74) is 3.17. The van der Waals surface area contributed by atoms with E-state index in [1.54, 1.807) is 24.3 Å². The van der Waals surface area contributed by atoms with Crippen LogP contribution in [0.4, 0.5) is 23.1 Å². The van der Waals surface area contributed by atoms with Crippen LogP contribution in [0.1, 0.15) is 17.5 Å². The summed E-state index contributed by atoms with van der Waals surface area (Å²) in [6.07, 6.45) is 1.20. The van der Waals surface area contributed by atoms with Crippen LogP contribution in [0, 0.1) is 22.7 Å². The Morgan fingerprint density at radius 2 is 1.56 bits per heavy atom. The van der Waals surface area contributed by atoms with Crippen LogP contribution in [0.5, 0.6) is 0 Å². The van der Waals surface area contributed by atoms with Crippen molar-refractivity contribution >= 4 is 34.7 Å². The molecule has 0 aliphatic carbocycles. The van der Waals surface area contributed by atoms with E-state index < -0.39 is 0 Å². The van der Waals surface area contributed by atoms with Gasteiger partial charge in [-0.05, 0) is 48.4 Å². The van der Waals surface area contributed by atoms with Crippen molar-refractivity contribution in [3.63, 3.8) is 0 Å².